The zero-order chi connectivity index (χ0) is 13.4. The average molecular weight is 257 g/mol. The molecule has 0 bridgehead atoms. The Labute approximate surface area is 110 Å². The molecule has 1 fully saturated rings. The Bertz CT molecular complexity index is 701. The van der Waals surface area contributed by atoms with E-state index in [1.54, 1.807) is 18.2 Å². The summed E-state index contributed by atoms with van der Waals surface area (Å²) in [6, 6.07) is 9.24. The fourth-order valence-corrected chi connectivity index (χ4v) is 2.13. The molecule has 0 saturated heterocycles. The van der Waals surface area contributed by atoms with Gasteiger partial charge in [-0.25, -0.2) is 0 Å². The van der Waals surface area contributed by atoms with Crippen LogP contribution in [0, 0.1) is 0 Å². The van der Waals surface area contributed by atoms with Crippen molar-refractivity contribution in [3.05, 3.63) is 40.7 Å². The molecule has 1 amide bonds. The van der Waals surface area contributed by atoms with Crippen molar-refractivity contribution in [1.29, 1.82) is 0 Å². The van der Waals surface area contributed by atoms with Crippen LogP contribution in [-0.2, 0) is 11.3 Å². The second kappa shape index (κ2) is 4.42. The predicted octanol–water partition coefficient (Wildman–Crippen LogP) is 0.862. The van der Waals surface area contributed by atoms with Crippen LogP contribution < -0.4 is 16.6 Å². The monoisotopic (exact) mass is 257 g/mol. The van der Waals surface area contributed by atoms with E-state index in [-0.39, 0.29) is 24.1 Å². The fourth-order valence-electron chi connectivity index (χ4n) is 2.13. The van der Waals surface area contributed by atoms with Crippen LogP contribution in [0.5, 0.6) is 0 Å². The number of carbonyl (C=O) groups excluding carboxylic acids is 1. The first kappa shape index (κ1) is 11.8. The SMILES string of the molecule is Nc1cc2ccccc2c(=O)n1CC(=O)NC1CC1. The van der Waals surface area contributed by atoms with Gasteiger partial charge in [0.25, 0.3) is 5.56 Å². The summed E-state index contributed by atoms with van der Waals surface area (Å²) in [6.45, 7) is -0.0218. The van der Waals surface area contributed by atoms with E-state index in [9.17, 15) is 9.59 Å². The maximum Gasteiger partial charge on any atom is 0.260 e. The maximum atomic E-state index is 12.3. The maximum absolute atomic E-state index is 12.3. The molecule has 1 aliphatic carbocycles. The molecule has 5 heteroatoms. The number of anilines is 1. The van der Waals surface area contributed by atoms with Gasteiger partial charge >= 0.3 is 0 Å². The second-order valence-corrected chi connectivity index (χ2v) is 4.89. The van der Waals surface area contributed by atoms with Gasteiger partial charge in [0.15, 0.2) is 0 Å². The highest BCUT2D eigenvalue weighted by Gasteiger charge is 2.23. The minimum atomic E-state index is -0.221. The predicted molar refractivity (Wildman–Crippen MR) is 73.8 cm³/mol. The number of nitrogens with zero attached hydrogens (tertiary/aromatic N) is 1. The highest BCUT2D eigenvalue weighted by Crippen LogP contribution is 2.18. The third-order valence-corrected chi connectivity index (χ3v) is 3.30. The second-order valence-electron chi connectivity index (χ2n) is 4.89. The Morgan fingerprint density at radius 2 is 2.11 bits per heavy atom. The lowest BCUT2D eigenvalue weighted by atomic mass is 10.1. The van der Waals surface area contributed by atoms with Gasteiger partial charge in [0.05, 0.1) is 0 Å². The summed E-state index contributed by atoms with van der Waals surface area (Å²) in [6.07, 6.45) is 2.04. The van der Waals surface area contributed by atoms with Crippen molar-refractivity contribution in [1.82, 2.24) is 9.88 Å². The number of fused-ring (bicyclic) bond motifs is 1. The first-order chi connectivity index (χ1) is 9.15. The molecule has 1 aromatic heterocycles. The highest BCUT2D eigenvalue weighted by atomic mass is 16.2. The zero-order valence-electron chi connectivity index (χ0n) is 10.4. The number of hydrogen-bond donors (Lipinski definition) is 2. The number of carbonyl (C=O) groups is 1. The fraction of sp³-hybridized carbons (Fsp3) is 0.286. The molecule has 5 nitrogen and oxygen atoms in total. The van der Waals surface area contributed by atoms with Crippen molar-refractivity contribution in [3.63, 3.8) is 0 Å². The van der Waals surface area contributed by atoms with Gasteiger partial charge < -0.3 is 11.1 Å². The number of benzene rings is 1. The molecular formula is C14H15N3O2. The van der Waals surface area contributed by atoms with Crippen LogP contribution in [0.15, 0.2) is 35.1 Å². The normalized spacial score (nSPS) is 14.5. The first-order valence-corrected chi connectivity index (χ1v) is 6.32. The molecule has 2 aromatic rings. The van der Waals surface area contributed by atoms with Gasteiger partial charge in [-0.1, -0.05) is 18.2 Å². The molecule has 3 rings (SSSR count). The lowest BCUT2D eigenvalue weighted by Crippen LogP contribution is -2.34. The summed E-state index contributed by atoms with van der Waals surface area (Å²) in [5.41, 5.74) is 5.64. The van der Waals surface area contributed by atoms with Crippen LogP contribution >= 0.6 is 0 Å². The molecule has 0 unspecified atom stereocenters. The van der Waals surface area contributed by atoms with E-state index in [1.165, 1.54) is 4.57 Å². The number of amides is 1. The van der Waals surface area contributed by atoms with Crippen LogP contribution in [0.4, 0.5) is 5.82 Å². The van der Waals surface area contributed by atoms with Crippen molar-refractivity contribution < 1.29 is 4.79 Å². The van der Waals surface area contributed by atoms with Crippen LogP contribution in [0.3, 0.4) is 0 Å². The van der Waals surface area contributed by atoms with E-state index in [4.69, 9.17) is 5.73 Å². The lowest BCUT2D eigenvalue weighted by Gasteiger charge is -2.11. The van der Waals surface area contributed by atoms with Crippen molar-refractivity contribution in [2.24, 2.45) is 0 Å². The van der Waals surface area contributed by atoms with E-state index in [0.29, 0.717) is 11.2 Å². The van der Waals surface area contributed by atoms with Crippen LogP contribution in [0.25, 0.3) is 10.8 Å². The van der Waals surface area contributed by atoms with E-state index >= 15 is 0 Å². The number of hydrogen-bond acceptors (Lipinski definition) is 3. The Kier molecular flexibility index (Phi) is 2.74. The first-order valence-electron chi connectivity index (χ1n) is 6.32. The van der Waals surface area contributed by atoms with Crippen molar-refractivity contribution in [3.8, 4) is 0 Å². The average Bonchev–Trinajstić information content (AvgIpc) is 3.18. The molecular weight excluding hydrogens is 242 g/mol. The Hall–Kier alpha value is -2.30. The summed E-state index contributed by atoms with van der Waals surface area (Å²) >= 11 is 0. The third kappa shape index (κ3) is 2.31. The van der Waals surface area contributed by atoms with E-state index in [0.717, 1.165) is 18.2 Å². The molecule has 1 aliphatic rings. The molecule has 0 atom stereocenters. The van der Waals surface area contributed by atoms with Crippen molar-refractivity contribution in [2.75, 3.05) is 5.73 Å². The van der Waals surface area contributed by atoms with Crippen LogP contribution in [0.2, 0.25) is 0 Å². The summed E-state index contributed by atoms with van der Waals surface area (Å²) in [5, 5.41) is 4.23. The van der Waals surface area contributed by atoms with Crippen LogP contribution in [0.1, 0.15) is 12.8 Å². The molecule has 0 spiro atoms. The molecule has 98 valence electrons. The minimum Gasteiger partial charge on any atom is -0.385 e. The molecule has 3 N–H and O–H groups in total. The zero-order valence-corrected chi connectivity index (χ0v) is 10.4. The molecule has 1 saturated carbocycles. The number of nitrogens with one attached hydrogen (secondary N) is 1. The summed E-state index contributed by atoms with van der Waals surface area (Å²) < 4.78 is 1.32. The number of rotatable bonds is 3. The summed E-state index contributed by atoms with van der Waals surface area (Å²) in [7, 11) is 0. The van der Waals surface area contributed by atoms with Gasteiger partial charge in [0.2, 0.25) is 5.91 Å². The van der Waals surface area contributed by atoms with Gasteiger partial charge in [0.1, 0.15) is 12.4 Å². The number of nitrogens with two attached hydrogens (primary N) is 1. The molecule has 0 radical (unpaired) electrons. The van der Waals surface area contributed by atoms with Gasteiger partial charge in [-0.3, -0.25) is 14.2 Å². The number of aromatic nitrogens is 1. The smallest absolute Gasteiger partial charge is 0.260 e. The van der Waals surface area contributed by atoms with Crippen molar-refractivity contribution >= 4 is 22.5 Å². The van der Waals surface area contributed by atoms with Gasteiger partial charge in [-0.15, -0.1) is 0 Å². The molecule has 19 heavy (non-hydrogen) atoms. The Morgan fingerprint density at radius 1 is 1.37 bits per heavy atom. The van der Waals surface area contributed by atoms with E-state index in [2.05, 4.69) is 5.32 Å². The minimum absolute atomic E-state index is 0.0218. The quantitative estimate of drug-likeness (QED) is 0.856. The topological polar surface area (TPSA) is 77.1 Å². The molecule has 1 aromatic carbocycles. The molecule has 1 heterocycles. The molecule has 0 aliphatic heterocycles. The largest absolute Gasteiger partial charge is 0.385 e. The van der Waals surface area contributed by atoms with Crippen molar-refractivity contribution in [2.45, 2.75) is 25.4 Å². The van der Waals surface area contributed by atoms with Gasteiger partial charge in [-0.05, 0) is 30.4 Å². The lowest BCUT2D eigenvalue weighted by molar-refractivity contribution is -0.121. The number of nitrogen functional groups attached to an aromatic ring is 1. The van der Waals surface area contributed by atoms with Gasteiger partial charge in [0, 0.05) is 11.4 Å². The van der Waals surface area contributed by atoms with Crippen LogP contribution in [-0.4, -0.2) is 16.5 Å². The Morgan fingerprint density at radius 3 is 2.84 bits per heavy atom. The van der Waals surface area contributed by atoms with E-state index < -0.39 is 0 Å². The highest BCUT2D eigenvalue weighted by molar-refractivity contribution is 5.84. The Balaban J connectivity index is 1.97. The van der Waals surface area contributed by atoms with E-state index in [1.807, 2.05) is 12.1 Å². The summed E-state index contributed by atoms with van der Waals surface area (Å²) in [4.78, 5) is 24.1. The number of pyridine rings is 1. The van der Waals surface area contributed by atoms with Gasteiger partial charge in [-0.2, -0.15) is 0 Å². The standard InChI is InChI=1S/C14H15N3O2/c15-12-7-9-3-1-2-4-11(9)14(19)17(12)8-13(18)16-10-5-6-10/h1-4,7,10H,5-6,8,15H2,(H,16,18). The summed E-state index contributed by atoms with van der Waals surface area (Å²) in [5.74, 6) is 0.154. The third-order valence-electron chi connectivity index (χ3n) is 3.30.